The van der Waals surface area contributed by atoms with Gasteiger partial charge in [0.05, 0.1) is 41.2 Å². The van der Waals surface area contributed by atoms with Gasteiger partial charge in [0.15, 0.2) is 4.80 Å². The minimum atomic E-state index is -0.813. The molecule has 2 aromatic heterocycles. The van der Waals surface area contributed by atoms with E-state index in [4.69, 9.17) is 19.2 Å². The van der Waals surface area contributed by atoms with Gasteiger partial charge in [0.2, 0.25) is 0 Å². The Morgan fingerprint density at radius 2 is 1.78 bits per heavy atom. The molecule has 9 nitrogen and oxygen atoms in total. The molecule has 0 radical (unpaired) electrons. The number of halogens is 1. The van der Waals surface area contributed by atoms with Crippen LogP contribution in [0.4, 0.5) is 0 Å². The molecular formula is C34H34BrN3O6S. The minimum absolute atomic E-state index is 0.281. The van der Waals surface area contributed by atoms with E-state index in [0.29, 0.717) is 38.5 Å². The third kappa shape index (κ3) is 6.19. The number of ether oxygens (including phenoxy) is 3. The lowest BCUT2D eigenvalue weighted by atomic mass is 9.95. The van der Waals surface area contributed by atoms with E-state index < -0.39 is 12.0 Å². The zero-order chi connectivity index (χ0) is 32.6. The number of thiazole rings is 1. The Balaban J connectivity index is 1.65. The highest BCUT2D eigenvalue weighted by atomic mass is 79.9. The van der Waals surface area contributed by atoms with Gasteiger partial charge in [-0.25, -0.2) is 14.6 Å². The number of hydrogen-bond acceptors (Lipinski definition) is 8. The second kappa shape index (κ2) is 13.0. The van der Waals surface area contributed by atoms with Crippen molar-refractivity contribution in [3.63, 3.8) is 0 Å². The molecular weight excluding hydrogens is 658 g/mol. The summed E-state index contributed by atoms with van der Waals surface area (Å²) in [5.41, 5.74) is 5.21. The lowest BCUT2D eigenvalue weighted by Gasteiger charge is -2.26. The van der Waals surface area contributed by atoms with Crippen molar-refractivity contribution in [1.29, 1.82) is 0 Å². The molecule has 1 aliphatic rings. The van der Waals surface area contributed by atoms with Crippen molar-refractivity contribution in [2.24, 2.45) is 4.99 Å². The Hall–Kier alpha value is -4.22. The smallest absolute Gasteiger partial charge is 0.338 e. The van der Waals surface area contributed by atoms with E-state index in [1.807, 2.05) is 50.3 Å². The molecule has 3 heterocycles. The van der Waals surface area contributed by atoms with Crippen LogP contribution in [0.5, 0.6) is 5.75 Å². The van der Waals surface area contributed by atoms with Gasteiger partial charge in [-0.05, 0) is 102 Å². The number of benzene rings is 2. The number of carbonyl (C=O) groups is 2. The standard InChI is InChI=1S/C34H34BrN3O6S/c1-8-43-32(40)22-9-12-25(13-10-22)37-19(4)15-23(21(37)6)16-28-31(39)38-30(26-17-24(35)11-14-27(26)42-7)29(33(41)44-18(2)3)20(5)36-34(38)45-28/h9-18,30H,8H2,1-7H3/b28-16-/t30-/m0/s1. The molecule has 4 aromatic rings. The fourth-order valence-electron chi connectivity index (χ4n) is 5.51. The Labute approximate surface area is 273 Å². The average molecular weight is 693 g/mol. The van der Waals surface area contributed by atoms with Gasteiger partial charge >= 0.3 is 11.9 Å². The first kappa shape index (κ1) is 32.2. The van der Waals surface area contributed by atoms with E-state index >= 15 is 0 Å². The van der Waals surface area contributed by atoms with Crippen LogP contribution < -0.4 is 19.6 Å². The minimum Gasteiger partial charge on any atom is -0.496 e. The third-order valence-corrected chi connectivity index (χ3v) is 8.94. The summed E-state index contributed by atoms with van der Waals surface area (Å²) in [4.78, 5) is 45.0. The molecule has 1 atom stereocenters. The van der Waals surface area contributed by atoms with Crippen LogP contribution in [0.1, 0.15) is 66.6 Å². The van der Waals surface area contributed by atoms with Crippen LogP contribution in [0.2, 0.25) is 0 Å². The number of esters is 2. The van der Waals surface area contributed by atoms with Crippen LogP contribution >= 0.6 is 27.3 Å². The maximum atomic E-state index is 14.2. The molecule has 45 heavy (non-hydrogen) atoms. The van der Waals surface area contributed by atoms with E-state index in [-0.39, 0.29) is 23.2 Å². The number of methoxy groups -OCH3 is 1. The summed E-state index contributed by atoms with van der Waals surface area (Å²) >= 11 is 4.80. The zero-order valence-corrected chi connectivity index (χ0v) is 28.5. The zero-order valence-electron chi connectivity index (χ0n) is 26.1. The van der Waals surface area contributed by atoms with E-state index in [0.717, 1.165) is 27.1 Å². The van der Waals surface area contributed by atoms with Crippen LogP contribution in [-0.4, -0.2) is 40.9 Å². The number of nitrogens with zero attached hydrogens (tertiary/aromatic N) is 3. The van der Waals surface area contributed by atoms with Gasteiger partial charge in [0.1, 0.15) is 11.8 Å². The Bertz CT molecular complexity index is 2020. The highest BCUT2D eigenvalue weighted by molar-refractivity contribution is 9.10. The van der Waals surface area contributed by atoms with E-state index in [1.54, 1.807) is 57.6 Å². The molecule has 0 spiro atoms. The number of aromatic nitrogens is 2. The summed E-state index contributed by atoms with van der Waals surface area (Å²) in [5.74, 6) is -0.374. The first-order valence-electron chi connectivity index (χ1n) is 14.5. The maximum Gasteiger partial charge on any atom is 0.338 e. The summed E-state index contributed by atoms with van der Waals surface area (Å²) in [5, 5.41) is 0. The second-order valence-electron chi connectivity index (χ2n) is 10.9. The van der Waals surface area contributed by atoms with Crippen molar-refractivity contribution in [3.8, 4) is 11.4 Å². The number of aryl methyl sites for hydroxylation is 1. The maximum absolute atomic E-state index is 14.2. The van der Waals surface area contributed by atoms with Crippen molar-refractivity contribution < 1.29 is 23.8 Å². The highest BCUT2D eigenvalue weighted by Crippen LogP contribution is 2.37. The summed E-state index contributed by atoms with van der Waals surface area (Å²) in [6, 6.07) is 13.9. The highest BCUT2D eigenvalue weighted by Gasteiger charge is 2.35. The number of fused-ring (bicyclic) bond motifs is 1. The van der Waals surface area contributed by atoms with Crippen LogP contribution in [0.3, 0.4) is 0 Å². The number of rotatable bonds is 8. The van der Waals surface area contributed by atoms with Crippen LogP contribution in [0.25, 0.3) is 11.8 Å². The predicted octanol–water partition coefficient (Wildman–Crippen LogP) is 5.54. The predicted molar refractivity (Wildman–Crippen MR) is 177 cm³/mol. The van der Waals surface area contributed by atoms with Crippen LogP contribution in [0.15, 0.2) is 74.1 Å². The summed E-state index contributed by atoms with van der Waals surface area (Å²) in [6.07, 6.45) is 1.50. The fourth-order valence-corrected chi connectivity index (χ4v) is 6.92. The summed E-state index contributed by atoms with van der Waals surface area (Å²) in [6.45, 7) is 11.4. The molecule has 0 N–H and O–H groups in total. The van der Waals surface area contributed by atoms with Crippen molar-refractivity contribution in [1.82, 2.24) is 9.13 Å². The first-order chi connectivity index (χ1) is 21.4. The number of allylic oxidation sites excluding steroid dienone is 1. The van der Waals surface area contributed by atoms with E-state index in [9.17, 15) is 14.4 Å². The molecule has 1 aliphatic heterocycles. The van der Waals surface area contributed by atoms with Gasteiger partial charge in [-0.15, -0.1) is 0 Å². The molecule has 0 bridgehead atoms. The van der Waals surface area contributed by atoms with Crippen LogP contribution in [0, 0.1) is 13.8 Å². The average Bonchev–Trinajstić information content (AvgIpc) is 3.45. The lowest BCUT2D eigenvalue weighted by Crippen LogP contribution is -2.40. The van der Waals surface area contributed by atoms with Gasteiger partial charge in [0.25, 0.3) is 5.56 Å². The van der Waals surface area contributed by atoms with Crippen LogP contribution in [-0.2, 0) is 14.3 Å². The van der Waals surface area contributed by atoms with E-state index in [2.05, 4.69) is 20.5 Å². The van der Waals surface area contributed by atoms with Gasteiger partial charge in [-0.2, -0.15) is 0 Å². The van der Waals surface area contributed by atoms with Gasteiger partial charge in [-0.3, -0.25) is 9.36 Å². The summed E-state index contributed by atoms with van der Waals surface area (Å²) in [7, 11) is 1.55. The van der Waals surface area contributed by atoms with E-state index in [1.165, 1.54) is 11.3 Å². The molecule has 0 saturated carbocycles. The van der Waals surface area contributed by atoms with Gasteiger partial charge in [0, 0.05) is 27.1 Å². The molecule has 0 unspecified atom stereocenters. The van der Waals surface area contributed by atoms with Crippen molar-refractivity contribution in [3.05, 3.63) is 112 Å². The fraction of sp³-hybridized carbons (Fsp3) is 0.294. The molecule has 0 fully saturated rings. The van der Waals surface area contributed by atoms with Crippen molar-refractivity contribution in [2.45, 2.75) is 53.7 Å². The molecule has 0 saturated heterocycles. The van der Waals surface area contributed by atoms with Crippen molar-refractivity contribution >= 4 is 45.3 Å². The molecule has 5 rings (SSSR count). The normalized spacial score (nSPS) is 14.8. The SMILES string of the molecule is CCOC(=O)c1ccc(-n2c(C)cc(/C=c3\sc4n(c3=O)[C@@H](c3cc(Br)ccc3OC)C(C(=O)OC(C)C)=C(C)N=4)c2C)cc1. The quantitative estimate of drug-likeness (QED) is 0.225. The molecule has 0 aliphatic carbocycles. The lowest BCUT2D eigenvalue weighted by molar-refractivity contribution is -0.143. The number of carbonyl (C=O) groups excluding carboxylic acids is 2. The third-order valence-electron chi connectivity index (χ3n) is 7.46. The Morgan fingerprint density at radius 3 is 2.42 bits per heavy atom. The van der Waals surface area contributed by atoms with Crippen molar-refractivity contribution in [2.75, 3.05) is 13.7 Å². The number of hydrogen-bond donors (Lipinski definition) is 0. The Kier molecular flexibility index (Phi) is 9.31. The topological polar surface area (TPSA) is 101 Å². The largest absolute Gasteiger partial charge is 0.496 e. The summed E-state index contributed by atoms with van der Waals surface area (Å²) < 4.78 is 21.3. The molecule has 11 heteroatoms. The first-order valence-corrected chi connectivity index (χ1v) is 16.1. The Morgan fingerprint density at radius 1 is 1.07 bits per heavy atom. The van der Waals surface area contributed by atoms with Gasteiger partial charge < -0.3 is 18.8 Å². The molecule has 2 aromatic carbocycles. The monoisotopic (exact) mass is 691 g/mol. The second-order valence-corrected chi connectivity index (χ2v) is 12.8. The molecule has 0 amide bonds. The van der Waals surface area contributed by atoms with Gasteiger partial charge in [-0.1, -0.05) is 27.3 Å². The molecule has 234 valence electrons.